The van der Waals surface area contributed by atoms with E-state index in [4.69, 9.17) is 0 Å². The van der Waals surface area contributed by atoms with Crippen LogP contribution < -0.4 is 5.32 Å². The fourth-order valence-electron chi connectivity index (χ4n) is 2.20. The molecule has 16 heavy (non-hydrogen) atoms. The quantitative estimate of drug-likeness (QED) is 0.789. The van der Waals surface area contributed by atoms with Gasteiger partial charge >= 0.3 is 0 Å². The summed E-state index contributed by atoms with van der Waals surface area (Å²) in [5.41, 5.74) is 0. The molecule has 0 bridgehead atoms. The van der Waals surface area contributed by atoms with E-state index in [1.807, 2.05) is 11.2 Å². The van der Waals surface area contributed by atoms with Crippen molar-refractivity contribution in [1.29, 1.82) is 0 Å². The molecule has 0 radical (unpaired) electrons. The van der Waals surface area contributed by atoms with Crippen molar-refractivity contribution in [3.63, 3.8) is 0 Å². The van der Waals surface area contributed by atoms with Gasteiger partial charge in [0.25, 0.3) is 0 Å². The van der Waals surface area contributed by atoms with Gasteiger partial charge in [-0.05, 0) is 44.4 Å². The van der Waals surface area contributed by atoms with Crippen LogP contribution in [0.15, 0.2) is 0 Å². The number of carbonyl (C=O) groups is 1. The Morgan fingerprint density at radius 1 is 1.31 bits per heavy atom. The molecule has 0 atom stereocenters. The predicted molar refractivity (Wildman–Crippen MR) is 68.7 cm³/mol. The first-order valence-electron chi connectivity index (χ1n) is 6.29. The van der Waals surface area contributed by atoms with Crippen LogP contribution in [0.3, 0.4) is 0 Å². The highest BCUT2D eigenvalue weighted by molar-refractivity contribution is 7.99. The van der Waals surface area contributed by atoms with Crippen molar-refractivity contribution in [2.24, 2.45) is 5.92 Å². The van der Waals surface area contributed by atoms with Crippen molar-refractivity contribution < 1.29 is 4.79 Å². The first-order chi connectivity index (χ1) is 7.79. The molecule has 1 aliphatic heterocycles. The van der Waals surface area contributed by atoms with Crippen LogP contribution >= 0.6 is 11.8 Å². The molecule has 0 spiro atoms. The molecular formula is C12H22N2OS. The average Bonchev–Trinajstić information content (AvgIpc) is 3.11. The molecule has 1 amide bonds. The maximum Gasteiger partial charge on any atom is 0.232 e. The molecule has 1 N–H and O–H groups in total. The van der Waals surface area contributed by atoms with Crippen molar-refractivity contribution in [3.8, 4) is 0 Å². The fraction of sp³-hybridized carbons (Fsp3) is 0.917. The van der Waals surface area contributed by atoms with E-state index in [2.05, 4.69) is 5.32 Å². The van der Waals surface area contributed by atoms with E-state index in [1.54, 1.807) is 11.8 Å². The highest BCUT2D eigenvalue weighted by Crippen LogP contribution is 2.28. The number of nitrogens with zero attached hydrogens (tertiary/aromatic N) is 1. The number of rotatable bonds is 5. The van der Waals surface area contributed by atoms with E-state index in [9.17, 15) is 4.79 Å². The smallest absolute Gasteiger partial charge is 0.232 e. The number of hydrogen-bond donors (Lipinski definition) is 1. The summed E-state index contributed by atoms with van der Waals surface area (Å²) < 4.78 is 0. The van der Waals surface area contributed by atoms with Gasteiger partial charge in [0.1, 0.15) is 0 Å². The maximum atomic E-state index is 11.7. The molecule has 92 valence electrons. The van der Waals surface area contributed by atoms with Crippen molar-refractivity contribution >= 4 is 17.7 Å². The summed E-state index contributed by atoms with van der Waals surface area (Å²) in [6, 6.07) is 0.652. The lowest BCUT2D eigenvalue weighted by molar-refractivity contribution is -0.129. The Kier molecular flexibility index (Phi) is 4.53. The molecule has 1 aliphatic carbocycles. The molecule has 0 unspecified atom stereocenters. The van der Waals surface area contributed by atoms with E-state index < -0.39 is 0 Å². The molecule has 0 aromatic carbocycles. The van der Waals surface area contributed by atoms with Crippen LogP contribution in [-0.4, -0.2) is 48.5 Å². The van der Waals surface area contributed by atoms with Crippen LogP contribution in [0, 0.1) is 5.92 Å². The molecule has 3 nitrogen and oxygen atoms in total. The Labute approximate surface area is 102 Å². The molecule has 1 saturated heterocycles. The zero-order chi connectivity index (χ0) is 11.4. The standard InChI is InChI=1S/C12H22N2OS/c1-16-9-12(15)14-6-4-11(5-7-14)13-8-10-2-3-10/h10-11,13H,2-9H2,1H3. The normalized spacial score (nSPS) is 22.4. The van der Waals surface area contributed by atoms with Crippen LogP contribution in [0.1, 0.15) is 25.7 Å². The van der Waals surface area contributed by atoms with Crippen LogP contribution in [0.4, 0.5) is 0 Å². The Hall–Kier alpha value is -0.220. The topological polar surface area (TPSA) is 32.3 Å². The van der Waals surface area contributed by atoms with Crippen LogP contribution in [0.5, 0.6) is 0 Å². The Morgan fingerprint density at radius 3 is 2.56 bits per heavy atom. The first kappa shape index (κ1) is 12.2. The van der Waals surface area contributed by atoms with Crippen molar-refractivity contribution in [3.05, 3.63) is 0 Å². The lowest BCUT2D eigenvalue weighted by Gasteiger charge is -2.32. The van der Waals surface area contributed by atoms with Crippen LogP contribution in [0.2, 0.25) is 0 Å². The minimum absolute atomic E-state index is 0.313. The highest BCUT2D eigenvalue weighted by atomic mass is 32.2. The summed E-state index contributed by atoms with van der Waals surface area (Å²) in [7, 11) is 0. The Balaban J connectivity index is 1.63. The number of likely N-dealkylation sites (tertiary alicyclic amines) is 1. The van der Waals surface area contributed by atoms with E-state index in [1.165, 1.54) is 19.4 Å². The van der Waals surface area contributed by atoms with Gasteiger partial charge in [-0.3, -0.25) is 4.79 Å². The third kappa shape index (κ3) is 3.67. The number of piperidine rings is 1. The third-order valence-electron chi connectivity index (χ3n) is 3.51. The molecule has 2 fully saturated rings. The van der Waals surface area contributed by atoms with Gasteiger partial charge in [0.2, 0.25) is 5.91 Å². The molecule has 4 heteroatoms. The summed E-state index contributed by atoms with van der Waals surface area (Å²) in [4.78, 5) is 13.7. The molecule has 0 aromatic heterocycles. The fourth-order valence-corrected chi connectivity index (χ4v) is 2.63. The van der Waals surface area contributed by atoms with Gasteiger partial charge in [-0.2, -0.15) is 11.8 Å². The second-order valence-corrected chi connectivity index (χ2v) is 5.81. The largest absolute Gasteiger partial charge is 0.342 e. The zero-order valence-electron chi connectivity index (χ0n) is 10.1. The number of amides is 1. The molecule has 0 aromatic rings. The van der Waals surface area contributed by atoms with Crippen LogP contribution in [0.25, 0.3) is 0 Å². The van der Waals surface area contributed by atoms with E-state index in [0.29, 0.717) is 17.7 Å². The van der Waals surface area contributed by atoms with Gasteiger partial charge in [-0.25, -0.2) is 0 Å². The minimum Gasteiger partial charge on any atom is -0.342 e. The Bertz CT molecular complexity index is 235. The highest BCUT2D eigenvalue weighted by Gasteiger charge is 2.25. The summed E-state index contributed by atoms with van der Waals surface area (Å²) in [6.07, 6.45) is 7.08. The number of thioether (sulfide) groups is 1. The monoisotopic (exact) mass is 242 g/mol. The van der Waals surface area contributed by atoms with Gasteiger partial charge in [0.15, 0.2) is 0 Å². The molecule has 1 saturated carbocycles. The van der Waals surface area contributed by atoms with Crippen LogP contribution in [-0.2, 0) is 4.79 Å². The van der Waals surface area contributed by atoms with Gasteiger partial charge < -0.3 is 10.2 Å². The summed E-state index contributed by atoms with van der Waals surface area (Å²) in [5, 5.41) is 3.63. The van der Waals surface area contributed by atoms with Gasteiger partial charge in [0.05, 0.1) is 5.75 Å². The van der Waals surface area contributed by atoms with E-state index >= 15 is 0 Å². The van der Waals surface area contributed by atoms with Gasteiger partial charge in [0, 0.05) is 19.1 Å². The predicted octanol–water partition coefficient (Wildman–Crippen LogP) is 1.34. The van der Waals surface area contributed by atoms with Crippen molar-refractivity contribution in [2.45, 2.75) is 31.7 Å². The Morgan fingerprint density at radius 2 is 2.00 bits per heavy atom. The van der Waals surface area contributed by atoms with Crippen molar-refractivity contribution in [2.75, 3.05) is 31.6 Å². The average molecular weight is 242 g/mol. The van der Waals surface area contributed by atoms with Crippen molar-refractivity contribution in [1.82, 2.24) is 10.2 Å². The lowest BCUT2D eigenvalue weighted by atomic mass is 10.0. The first-order valence-corrected chi connectivity index (χ1v) is 7.69. The molecule has 2 aliphatic rings. The molecule has 2 rings (SSSR count). The van der Waals surface area contributed by atoms with Gasteiger partial charge in [-0.15, -0.1) is 0 Å². The second kappa shape index (κ2) is 5.92. The SMILES string of the molecule is CSCC(=O)N1CCC(NCC2CC2)CC1. The second-order valence-electron chi connectivity index (χ2n) is 4.94. The zero-order valence-corrected chi connectivity index (χ0v) is 10.9. The summed E-state index contributed by atoms with van der Waals surface area (Å²) in [5.74, 6) is 1.91. The summed E-state index contributed by atoms with van der Waals surface area (Å²) in [6.45, 7) is 3.09. The minimum atomic E-state index is 0.313. The lowest BCUT2D eigenvalue weighted by Crippen LogP contribution is -2.45. The van der Waals surface area contributed by atoms with E-state index in [0.717, 1.165) is 31.8 Å². The van der Waals surface area contributed by atoms with Gasteiger partial charge in [-0.1, -0.05) is 0 Å². The number of carbonyl (C=O) groups excluding carboxylic acids is 1. The molecular weight excluding hydrogens is 220 g/mol. The number of nitrogens with one attached hydrogen (secondary N) is 1. The number of hydrogen-bond acceptors (Lipinski definition) is 3. The maximum absolute atomic E-state index is 11.7. The molecule has 1 heterocycles. The summed E-state index contributed by atoms with van der Waals surface area (Å²) >= 11 is 1.62. The van der Waals surface area contributed by atoms with E-state index in [-0.39, 0.29) is 0 Å². The third-order valence-corrected chi connectivity index (χ3v) is 4.04.